The van der Waals surface area contributed by atoms with Gasteiger partial charge in [-0.05, 0) is 22.9 Å². The van der Waals surface area contributed by atoms with Gasteiger partial charge >= 0.3 is 5.69 Å². The van der Waals surface area contributed by atoms with E-state index in [0.29, 0.717) is 15.9 Å². The van der Waals surface area contributed by atoms with E-state index in [4.69, 9.17) is 4.42 Å². The molecule has 0 aromatic carbocycles. The number of nitrogens with one attached hydrogen (secondary N) is 2. The predicted octanol–water partition coefficient (Wildman–Crippen LogP) is 1.69. The highest BCUT2D eigenvalue weighted by Gasteiger charge is 2.10. The minimum atomic E-state index is -0.506. The summed E-state index contributed by atoms with van der Waals surface area (Å²) in [5.41, 5.74) is 0.457. The molecular weight excluding hydrogens is 290 g/mol. The third-order valence-corrected chi connectivity index (χ3v) is 2.37. The Morgan fingerprint density at radius 2 is 2.29 bits per heavy atom. The molecule has 0 radical (unpaired) electrons. The Bertz CT molecular complexity index is 617. The van der Waals surface area contributed by atoms with E-state index in [1.165, 1.54) is 12.3 Å². The van der Waals surface area contributed by atoms with E-state index in [9.17, 15) is 9.59 Å². The second kappa shape index (κ2) is 4.54. The first-order chi connectivity index (χ1) is 8.04. The molecule has 0 saturated carbocycles. The lowest BCUT2D eigenvalue weighted by molar-refractivity contribution is 0.102. The first-order valence-electron chi connectivity index (χ1n) is 4.68. The number of carbonyl (C=O) groups is 1. The molecule has 88 valence electrons. The molecule has 0 aliphatic carbocycles. The summed E-state index contributed by atoms with van der Waals surface area (Å²) in [7, 11) is 0. The van der Waals surface area contributed by atoms with Gasteiger partial charge in [0.1, 0.15) is 12.1 Å². The smallest absolute Gasteiger partial charge is 0.347 e. The van der Waals surface area contributed by atoms with Crippen molar-refractivity contribution in [2.75, 3.05) is 5.32 Å². The molecule has 2 aromatic rings. The number of carbonyl (C=O) groups excluding carboxylic acids is 1. The highest BCUT2D eigenvalue weighted by molar-refractivity contribution is 9.10. The first kappa shape index (κ1) is 11.6. The highest BCUT2D eigenvalue weighted by Crippen LogP contribution is 2.15. The van der Waals surface area contributed by atoms with Gasteiger partial charge in [0.25, 0.3) is 5.91 Å². The molecule has 0 bridgehead atoms. The maximum Gasteiger partial charge on any atom is 0.347 e. The molecule has 17 heavy (non-hydrogen) atoms. The molecule has 0 unspecified atom stereocenters. The number of hydrogen-bond donors (Lipinski definition) is 2. The van der Waals surface area contributed by atoms with Gasteiger partial charge in [-0.2, -0.15) is 4.98 Å². The fraction of sp³-hybridized carbons (Fsp3) is 0.100. The lowest BCUT2D eigenvalue weighted by atomic mass is 10.3. The number of H-pyrrole nitrogens is 1. The fourth-order valence-corrected chi connectivity index (χ4v) is 1.60. The lowest BCUT2D eigenvalue weighted by Crippen LogP contribution is -2.18. The fourth-order valence-electron chi connectivity index (χ4n) is 1.26. The maximum absolute atomic E-state index is 11.7. The molecule has 7 heteroatoms. The Morgan fingerprint density at radius 1 is 1.53 bits per heavy atom. The molecule has 2 aromatic heterocycles. The quantitative estimate of drug-likeness (QED) is 0.883. The van der Waals surface area contributed by atoms with E-state index in [1.54, 1.807) is 13.0 Å². The Hall–Kier alpha value is -1.89. The summed E-state index contributed by atoms with van der Waals surface area (Å²) in [5.74, 6) is -0.189. The summed E-state index contributed by atoms with van der Waals surface area (Å²) in [6.45, 7) is 1.70. The van der Waals surface area contributed by atoms with Gasteiger partial charge in [0, 0.05) is 17.8 Å². The summed E-state index contributed by atoms with van der Waals surface area (Å²) < 4.78 is 5.39. The topological polar surface area (TPSA) is 88.0 Å². The van der Waals surface area contributed by atoms with Crippen LogP contribution in [-0.2, 0) is 0 Å². The third kappa shape index (κ3) is 2.82. The monoisotopic (exact) mass is 297 g/mol. The number of halogens is 1. The van der Waals surface area contributed by atoms with Crippen molar-refractivity contribution in [3.05, 3.63) is 44.8 Å². The average molecular weight is 298 g/mol. The molecule has 0 spiro atoms. The Kier molecular flexibility index (Phi) is 3.10. The van der Waals surface area contributed by atoms with Crippen molar-refractivity contribution >= 4 is 27.7 Å². The van der Waals surface area contributed by atoms with Gasteiger partial charge < -0.3 is 14.7 Å². The Balaban J connectivity index is 2.21. The predicted molar refractivity (Wildman–Crippen MR) is 64.0 cm³/mol. The van der Waals surface area contributed by atoms with Crippen molar-refractivity contribution in [3.63, 3.8) is 0 Å². The van der Waals surface area contributed by atoms with Crippen LogP contribution in [0.25, 0.3) is 0 Å². The molecule has 1 amide bonds. The van der Waals surface area contributed by atoms with Crippen LogP contribution < -0.4 is 11.0 Å². The average Bonchev–Trinajstić information content (AvgIpc) is 2.63. The molecule has 2 N–H and O–H groups in total. The van der Waals surface area contributed by atoms with E-state index in [2.05, 4.69) is 31.2 Å². The van der Waals surface area contributed by atoms with Gasteiger partial charge in [0.15, 0.2) is 4.67 Å². The Labute approximate surface area is 104 Å². The number of hydrogen-bond acceptors (Lipinski definition) is 4. The molecule has 0 fully saturated rings. The summed E-state index contributed by atoms with van der Waals surface area (Å²) >= 11 is 3.09. The maximum atomic E-state index is 11.7. The van der Waals surface area contributed by atoms with Gasteiger partial charge in [-0.1, -0.05) is 0 Å². The van der Waals surface area contributed by atoms with Crippen LogP contribution in [0.5, 0.6) is 0 Å². The number of furan rings is 1. The highest BCUT2D eigenvalue weighted by atomic mass is 79.9. The number of aromatic nitrogens is 2. The zero-order chi connectivity index (χ0) is 12.4. The SMILES string of the molecule is Cc1cc(NC(=O)c2coc(Br)c2)nc(=O)[nH]1. The van der Waals surface area contributed by atoms with Gasteiger partial charge in [0.2, 0.25) is 0 Å². The number of rotatable bonds is 2. The third-order valence-electron chi connectivity index (χ3n) is 1.95. The number of aromatic amines is 1. The van der Waals surface area contributed by atoms with Crippen molar-refractivity contribution in [3.8, 4) is 0 Å². The van der Waals surface area contributed by atoms with Crippen molar-refractivity contribution in [2.45, 2.75) is 6.92 Å². The zero-order valence-electron chi connectivity index (χ0n) is 8.78. The number of amides is 1. The van der Waals surface area contributed by atoms with E-state index in [-0.39, 0.29) is 5.82 Å². The van der Waals surface area contributed by atoms with Crippen LogP contribution in [0.1, 0.15) is 16.1 Å². The molecule has 0 aliphatic heterocycles. The number of aryl methyl sites for hydroxylation is 1. The Morgan fingerprint density at radius 3 is 2.88 bits per heavy atom. The lowest BCUT2D eigenvalue weighted by Gasteiger charge is -2.02. The van der Waals surface area contributed by atoms with Crippen LogP contribution in [0.3, 0.4) is 0 Å². The number of nitrogens with zero attached hydrogens (tertiary/aromatic N) is 1. The van der Waals surface area contributed by atoms with Crippen LogP contribution >= 0.6 is 15.9 Å². The van der Waals surface area contributed by atoms with Gasteiger partial charge in [-0.15, -0.1) is 0 Å². The van der Waals surface area contributed by atoms with Crippen LogP contribution in [0, 0.1) is 6.92 Å². The first-order valence-corrected chi connectivity index (χ1v) is 5.47. The van der Waals surface area contributed by atoms with Crippen LogP contribution in [-0.4, -0.2) is 15.9 Å². The molecule has 6 nitrogen and oxygen atoms in total. The van der Waals surface area contributed by atoms with Crippen molar-refractivity contribution in [2.24, 2.45) is 0 Å². The van der Waals surface area contributed by atoms with E-state index in [0.717, 1.165) is 0 Å². The summed E-state index contributed by atoms with van der Waals surface area (Å²) in [6.07, 6.45) is 1.31. The van der Waals surface area contributed by atoms with E-state index >= 15 is 0 Å². The van der Waals surface area contributed by atoms with E-state index in [1.807, 2.05) is 0 Å². The van der Waals surface area contributed by atoms with Crippen molar-refractivity contribution < 1.29 is 9.21 Å². The van der Waals surface area contributed by atoms with Crippen molar-refractivity contribution in [1.29, 1.82) is 0 Å². The van der Waals surface area contributed by atoms with E-state index < -0.39 is 11.6 Å². The molecule has 0 atom stereocenters. The molecule has 2 heterocycles. The number of anilines is 1. The van der Waals surface area contributed by atoms with Gasteiger partial charge in [-0.3, -0.25) is 4.79 Å². The largest absolute Gasteiger partial charge is 0.457 e. The molecule has 0 saturated heterocycles. The van der Waals surface area contributed by atoms with Crippen molar-refractivity contribution in [1.82, 2.24) is 9.97 Å². The van der Waals surface area contributed by atoms with Crippen LogP contribution in [0.2, 0.25) is 0 Å². The summed E-state index contributed by atoms with van der Waals surface area (Å²) in [5, 5.41) is 2.50. The van der Waals surface area contributed by atoms with Crippen LogP contribution in [0.15, 0.2) is 32.3 Å². The van der Waals surface area contributed by atoms with Crippen LogP contribution in [0.4, 0.5) is 5.82 Å². The molecule has 2 rings (SSSR count). The molecular formula is C10H8BrN3O3. The summed E-state index contributed by atoms with van der Waals surface area (Å²) in [4.78, 5) is 28.9. The minimum absolute atomic E-state index is 0.202. The standard InChI is InChI=1S/C10H8BrN3O3/c1-5-2-8(14-10(16)12-5)13-9(15)6-3-7(11)17-4-6/h2-4H,1H3,(H2,12,13,14,15,16). The van der Waals surface area contributed by atoms with Gasteiger partial charge in [0.05, 0.1) is 5.56 Å². The molecule has 0 aliphatic rings. The van der Waals surface area contributed by atoms with Gasteiger partial charge in [-0.25, -0.2) is 4.79 Å². The second-order valence-electron chi connectivity index (χ2n) is 3.35. The normalized spacial score (nSPS) is 10.2. The second-order valence-corrected chi connectivity index (χ2v) is 4.13. The summed E-state index contributed by atoms with van der Waals surface area (Å²) in [6, 6.07) is 3.09. The zero-order valence-corrected chi connectivity index (χ0v) is 10.4. The minimum Gasteiger partial charge on any atom is -0.457 e.